The van der Waals surface area contributed by atoms with Crippen LogP contribution < -0.4 is 5.32 Å². The molecule has 0 saturated heterocycles. The van der Waals surface area contributed by atoms with Crippen LogP contribution in [0.2, 0.25) is 0 Å². The maximum Gasteiger partial charge on any atom is 0.257 e. The molecule has 0 saturated carbocycles. The number of anilines is 1. The number of hydrogen-bond donors (Lipinski definition) is 1. The van der Waals surface area contributed by atoms with E-state index >= 15 is 0 Å². The number of nitrogens with zero attached hydrogens (tertiary/aromatic N) is 1. The number of amides is 1. The van der Waals surface area contributed by atoms with Crippen molar-refractivity contribution in [3.8, 4) is 0 Å². The second-order valence-electron chi connectivity index (χ2n) is 5.53. The molecule has 0 spiro atoms. The van der Waals surface area contributed by atoms with Crippen LogP contribution in [-0.4, -0.2) is 10.5 Å². The number of carbonyl (C=O) groups is 1. The second-order valence-corrected chi connectivity index (χ2v) is 7.48. The molecule has 2 heterocycles. The third-order valence-corrected chi connectivity index (χ3v) is 5.25. The van der Waals surface area contributed by atoms with Crippen molar-refractivity contribution in [2.75, 3.05) is 5.32 Å². The van der Waals surface area contributed by atoms with Crippen molar-refractivity contribution in [3.63, 3.8) is 0 Å². The first-order valence-electron chi connectivity index (χ1n) is 7.41. The predicted octanol–water partition coefficient (Wildman–Crippen LogP) is 5.37. The Morgan fingerprint density at radius 1 is 1.29 bits per heavy atom. The average molecular weight is 407 g/mol. The van der Waals surface area contributed by atoms with E-state index in [1.165, 1.54) is 10.9 Å². The van der Waals surface area contributed by atoms with Crippen molar-refractivity contribution in [1.82, 2.24) is 4.57 Å². The Labute approximate surface area is 152 Å². The van der Waals surface area contributed by atoms with Gasteiger partial charge in [0.2, 0.25) is 0 Å². The fourth-order valence-corrected chi connectivity index (χ4v) is 3.64. The normalized spacial score (nSPS) is 10.8. The van der Waals surface area contributed by atoms with Crippen LogP contribution in [0.25, 0.3) is 0 Å². The fourth-order valence-electron chi connectivity index (χ4n) is 2.61. The average Bonchev–Trinajstić information content (AvgIpc) is 3.14. The van der Waals surface area contributed by atoms with Gasteiger partial charge in [-0.15, -0.1) is 11.3 Å². The minimum Gasteiger partial charge on any atom is -0.343 e. The van der Waals surface area contributed by atoms with E-state index in [-0.39, 0.29) is 11.6 Å². The molecule has 0 bridgehead atoms. The number of aromatic nitrogens is 1. The van der Waals surface area contributed by atoms with E-state index in [9.17, 15) is 9.18 Å². The van der Waals surface area contributed by atoms with Crippen LogP contribution in [0.4, 0.5) is 10.1 Å². The fraction of sp³-hybridized carbons (Fsp3) is 0.167. The van der Waals surface area contributed by atoms with E-state index in [0.29, 0.717) is 10.0 Å². The molecule has 0 aliphatic carbocycles. The molecule has 0 atom stereocenters. The van der Waals surface area contributed by atoms with Crippen molar-refractivity contribution >= 4 is 38.9 Å². The molecule has 3 rings (SSSR count). The predicted molar refractivity (Wildman–Crippen MR) is 99.4 cm³/mol. The lowest BCUT2D eigenvalue weighted by Gasteiger charge is -2.09. The zero-order valence-electron chi connectivity index (χ0n) is 13.3. The van der Waals surface area contributed by atoms with Gasteiger partial charge in [0.15, 0.2) is 0 Å². The molecule has 24 heavy (non-hydrogen) atoms. The zero-order valence-corrected chi connectivity index (χ0v) is 15.7. The van der Waals surface area contributed by atoms with E-state index in [0.717, 1.165) is 17.9 Å². The monoisotopic (exact) mass is 406 g/mol. The molecule has 6 heteroatoms. The molecule has 0 aliphatic rings. The minimum absolute atomic E-state index is 0.172. The first-order chi connectivity index (χ1) is 11.5. The topological polar surface area (TPSA) is 34.0 Å². The number of benzene rings is 1. The van der Waals surface area contributed by atoms with Gasteiger partial charge in [-0.1, -0.05) is 22.0 Å². The van der Waals surface area contributed by atoms with E-state index in [4.69, 9.17) is 0 Å². The number of aryl methyl sites for hydroxylation is 1. The molecule has 1 amide bonds. The van der Waals surface area contributed by atoms with Gasteiger partial charge in [0.1, 0.15) is 5.82 Å². The highest BCUT2D eigenvalue weighted by Gasteiger charge is 2.17. The highest BCUT2D eigenvalue weighted by atomic mass is 79.9. The summed E-state index contributed by atoms with van der Waals surface area (Å²) >= 11 is 4.89. The molecular weight excluding hydrogens is 391 g/mol. The molecule has 3 aromatic rings. The van der Waals surface area contributed by atoms with Gasteiger partial charge in [-0.3, -0.25) is 4.79 Å². The van der Waals surface area contributed by atoms with E-state index in [1.807, 2.05) is 31.4 Å². The largest absolute Gasteiger partial charge is 0.343 e. The molecule has 0 fully saturated rings. The maximum absolute atomic E-state index is 13.9. The van der Waals surface area contributed by atoms with Crippen LogP contribution in [0.1, 0.15) is 26.6 Å². The Morgan fingerprint density at radius 2 is 2.08 bits per heavy atom. The molecule has 0 unspecified atom stereocenters. The lowest BCUT2D eigenvalue weighted by Crippen LogP contribution is -2.14. The Hall–Kier alpha value is -1.92. The van der Waals surface area contributed by atoms with Gasteiger partial charge in [-0.05, 0) is 49.6 Å². The van der Waals surface area contributed by atoms with Gasteiger partial charge in [-0.25, -0.2) is 4.39 Å². The minimum atomic E-state index is -0.467. The number of carbonyl (C=O) groups excluding carboxylic acids is 1. The Bertz CT molecular complexity index is 887. The van der Waals surface area contributed by atoms with Gasteiger partial charge in [0.25, 0.3) is 5.91 Å². The SMILES string of the molecule is Cc1cc(C(=O)Nc2ccc(Br)cc2F)c(C)n1Cc1cccs1. The van der Waals surface area contributed by atoms with E-state index in [2.05, 4.69) is 31.9 Å². The third kappa shape index (κ3) is 3.44. The molecule has 0 radical (unpaired) electrons. The molecule has 1 N–H and O–H groups in total. The summed E-state index contributed by atoms with van der Waals surface area (Å²) < 4.78 is 16.6. The maximum atomic E-state index is 13.9. The van der Waals surface area contributed by atoms with Crippen LogP contribution in [0.3, 0.4) is 0 Å². The lowest BCUT2D eigenvalue weighted by atomic mass is 10.2. The summed E-state index contributed by atoms with van der Waals surface area (Å²) in [7, 11) is 0. The van der Waals surface area contributed by atoms with Gasteiger partial charge in [0.05, 0.1) is 17.8 Å². The summed E-state index contributed by atoms with van der Waals surface area (Å²) in [6.45, 7) is 4.61. The first kappa shape index (κ1) is 16.9. The number of nitrogens with one attached hydrogen (secondary N) is 1. The zero-order chi connectivity index (χ0) is 17.3. The van der Waals surface area contributed by atoms with Gasteiger partial charge in [-0.2, -0.15) is 0 Å². The van der Waals surface area contributed by atoms with Crippen LogP contribution in [0.5, 0.6) is 0 Å². The third-order valence-electron chi connectivity index (χ3n) is 3.89. The van der Waals surface area contributed by atoms with E-state index < -0.39 is 5.82 Å². The van der Waals surface area contributed by atoms with Crippen molar-refractivity contribution < 1.29 is 9.18 Å². The Balaban J connectivity index is 1.85. The molecule has 1 aromatic carbocycles. The van der Waals surface area contributed by atoms with E-state index in [1.54, 1.807) is 23.5 Å². The van der Waals surface area contributed by atoms with Crippen molar-refractivity contribution in [3.05, 3.63) is 73.9 Å². The van der Waals surface area contributed by atoms with Crippen LogP contribution >= 0.6 is 27.3 Å². The summed E-state index contributed by atoms with van der Waals surface area (Å²) in [6, 6.07) is 10.5. The Morgan fingerprint density at radius 3 is 2.75 bits per heavy atom. The molecule has 2 aromatic heterocycles. The van der Waals surface area contributed by atoms with Gasteiger partial charge < -0.3 is 9.88 Å². The van der Waals surface area contributed by atoms with Crippen LogP contribution in [-0.2, 0) is 6.54 Å². The number of hydrogen-bond acceptors (Lipinski definition) is 2. The lowest BCUT2D eigenvalue weighted by molar-refractivity contribution is 0.102. The molecule has 3 nitrogen and oxygen atoms in total. The summed E-state index contributed by atoms with van der Waals surface area (Å²) in [6.07, 6.45) is 0. The van der Waals surface area contributed by atoms with Crippen molar-refractivity contribution in [2.24, 2.45) is 0 Å². The van der Waals surface area contributed by atoms with Crippen LogP contribution in [0.15, 0.2) is 46.3 Å². The standard InChI is InChI=1S/C18H16BrFN2OS/c1-11-8-15(12(2)22(11)10-14-4-3-7-24-14)18(23)21-17-6-5-13(19)9-16(17)20/h3-9H,10H2,1-2H3,(H,21,23). The molecule has 0 aliphatic heterocycles. The summed E-state index contributed by atoms with van der Waals surface area (Å²) in [4.78, 5) is 13.8. The van der Waals surface area contributed by atoms with Crippen molar-refractivity contribution in [2.45, 2.75) is 20.4 Å². The number of rotatable bonds is 4. The smallest absolute Gasteiger partial charge is 0.257 e. The van der Waals surface area contributed by atoms with Gasteiger partial charge >= 0.3 is 0 Å². The Kier molecular flexibility index (Phi) is 4.87. The highest BCUT2D eigenvalue weighted by molar-refractivity contribution is 9.10. The van der Waals surface area contributed by atoms with Crippen molar-refractivity contribution in [1.29, 1.82) is 0 Å². The first-order valence-corrected chi connectivity index (χ1v) is 9.08. The van der Waals surface area contributed by atoms with Gasteiger partial charge in [0, 0.05) is 20.7 Å². The summed E-state index contributed by atoms with van der Waals surface area (Å²) in [5.74, 6) is -0.771. The molecular formula is C18H16BrFN2OS. The summed E-state index contributed by atoms with van der Waals surface area (Å²) in [5, 5.41) is 4.68. The quantitative estimate of drug-likeness (QED) is 0.620. The van der Waals surface area contributed by atoms with Crippen LogP contribution in [0, 0.1) is 19.7 Å². The highest BCUT2D eigenvalue weighted by Crippen LogP contribution is 2.23. The number of thiophene rings is 1. The molecule has 124 valence electrons. The number of halogens is 2. The summed E-state index contributed by atoms with van der Waals surface area (Å²) in [5.41, 5.74) is 2.61. The second kappa shape index (κ2) is 6.91.